The highest BCUT2D eigenvalue weighted by atomic mass is 16.4. The summed E-state index contributed by atoms with van der Waals surface area (Å²) in [6.45, 7) is 4.38. The van der Waals surface area contributed by atoms with Gasteiger partial charge in [-0.2, -0.15) is 0 Å². The molecule has 0 amide bonds. The first-order chi connectivity index (χ1) is 8.16. The molecule has 1 heterocycles. The number of hydrogen-bond donors (Lipinski definition) is 1. The molecule has 2 aromatic rings. The van der Waals surface area contributed by atoms with Gasteiger partial charge in [0.1, 0.15) is 11.9 Å². The topological polar surface area (TPSA) is 33.4 Å². The summed E-state index contributed by atoms with van der Waals surface area (Å²) in [5.74, 6) is 1.21. The number of benzene rings is 1. The van der Waals surface area contributed by atoms with Gasteiger partial charge in [-0.25, -0.2) is 0 Å². The molecule has 0 saturated heterocycles. The molecular weight excluding hydrogens is 212 g/mol. The third kappa shape index (κ3) is 2.98. The molecule has 1 aromatic heterocycles. The highest BCUT2D eigenvalue weighted by molar-refractivity contribution is 5.29. The monoisotopic (exact) mass is 230 g/mol. The highest BCUT2D eigenvalue weighted by Crippen LogP contribution is 2.23. The van der Waals surface area contributed by atoms with Crippen LogP contribution >= 0.6 is 0 Å². The van der Waals surface area contributed by atoms with Gasteiger partial charge in [0.05, 0.1) is 6.26 Å². The fraction of sp³-hybridized carbons (Fsp3) is 0.333. The van der Waals surface area contributed by atoms with Crippen LogP contribution in [0.5, 0.6) is 0 Å². The number of aliphatic hydroxyl groups excluding tert-OH is 1. The van der Waals surface area contributed by atoms with Gasteiger partial charge in [0, 0.05) is 0 Å². The molecule has 1 atom stereocenters. The lowest BCUT2D eigenvalue weighted by Crippen LogP contribution is -2.00. The van der Waals surface area contributed by atoms with E-state index in [1.807, 2.05) is 18.2 Å². The van der Waals surface area contributed by atoms with Crippen LogP contribution in [0.3, 0.4) is 0 Å². The average molecular weight is 230 g/mol. The molecule has 2 rings (SSSR count). The summed E-state index contributed by atoms with van der Waals surface area (Å²) in [6.07, 6.45) is 1.94. The second-order valence-corrected chi connectivity index (χ2v) is 4.76. The standard InChI is InChI=1S/C15H18O2/c1-11(2)9-12-5-3-6-13(10-12)15(16)14-7-4-8-17-14/h3-8,10-11,15-16H,9H2,1-2H3. The molecule has 0 aliphatic rings. The summed E-state index contributed by atoms with van der Waals surface area (Å²) >= 11 is 0. The lowest BCUT2D eigenvalue weighted by atomic mass is 9.98. The van der Waals surface area contributed by atoms with Crippen molar-refractivity contribution in [3.63, 3.8) is 0 Å². The van der Waals surface area contributed by atoms with Crippen molar-refractivity contribution in [2.24, 2.45) is 5.92 Å². The third-order valence-electron chi connectivity index (χ3n) is 2.72. The summed E-state index contributed by atoms with van der Waals surface area (Å²) in [6, 6.07) is 11.6. The summed E-state index contributed by atoms with van der Waals surface area (Å²) in [5, 5.41) is 10.1. The Bertz CT molecular complexity index is 458. The Morgan fingerprint density at radius 2 is 2.00 bits per heavy atom. The maximum absolute atomic E-state index is 10.1. The molecule has 0 fully saturated rings. The lowest BCUT2D eigenvalue weighted by Gasteiger charge is -2.11. The average Bonchev–Trinajstić information content (AvgIpc) is 2.81. The maximum Gasteiger partial charge on any atom is 0.137 e. The smallest absolute Gasteiger partial charge is 0.137 e. The highest BCUT2D eigenvalue weighted by Gasteiger charge is 2.13. The summed E-state index contributed by atoms with van der Waals surface area (Å²) in [5.41, 5.74) is 2.14. The van der Waals surface area contributed by atoms with Crippen LogP contribution in [0.1, 0.15) is 36.8 Å². The van der Waals surface area contributed by atoms with Crippen molar-refractivity contribution in [2.45, 2.75) is 26.4 Å². The first kappa shape index (κ1) is 11.9. The Balaban J connectivity index is 2.21. The van der Waals surface area contributed by atoms with Gasteiger partial charge < -0.3 is 9.52 Å². The quantitative estimate of drug-likeness (QED) is 0.871. The van der Waals surface area contributed by atoms with Crippen molar-refractivity contribution < 1.29 is 9.52 Å². The summed E-state index contributed by atoms with van der Waals surface area (Å²) < 4.78 is 5.22. The molecule has 0 spiro atoms. The van der Waals surface area contributed by atoms with Crippen LogP contribution in [0, 0.1) is 5.92 Å². The molecule has 17 heavy (non-hydrogen) atoms. The van der Waals surface area contributed by atoms with E-state index in [2.05, 4.69) is 19.9 Å². The molecule has 1 N–H and O–H groups in total. The largest absolute Gasteiger partial charge is 0.466 e. The van der Waals surface area contributed by atoms with Gasteiger partial charge in [0.25, 0.3) is 0 Å². The molecule has 0 radical (unpaired) electrons. The predicted molar refractivity (Wildman–Crippen MR) is 67.8 cm³/mol. The second-order valence-electron chi connectivity index (χ2n) is 4.76. The van der Waals surface area contributed by atoms with Crippen molar-refractivity contribution in [2.75, 3.05) is 0 Å². The van der Waals surface area contributed by atoms with Gasteiger partial charge in [-0.3, -0.25) is 0 Å². The first-order valence-corrected chi connectivity index (χ1v) is 5.97. The lowest BCUT2D eigenvalue weighted by molar-refractivity contribution is 0.189. The van der Waals surface area contributed by atoms with Gasteiger partial charge in [-0.1, -0.05) is 38.1 Å². The Morgan fingerprint density at radius 3 is 2.65 bits per heavy atom. The first-order valence-electron chi connectivity index (χ1n) is 5.97. The fourth-order valence-corrected chi connectivity index (χ4v) is 1.97. The van der Waals surface area contributed by atoms with E-state index < -0.39 is 6.10 Å². The molecule has 90 valence electrons. The van der Waals surface area contributed by atoms with Gasteiger partial charge >= 0.3 is 0 Å². The van der Waals surface area contributed by atoms with Crippen molar-refractivity contribution in [3.8, 4) is 0 Å². The second kappa shape index (κ2) is 5.19. The molecule has 0 aliphatic carbocycles. The van der Waals surface area contributed by atoms with Crippen LogP contribution in [0.4, 0.5) is 0 Å². The Kier molecular flexibility index (Phi) is 3.64. The van der Waals surface area contributed by atoms with E-state index in [0.29, 0.717) is 11.7 Å². The van der Waals surface area contributed by atoms with E-state index in [4.69, 9.17) is 4.42 Å². The minimum atomic E-state index is -0.669. The third-order valence-corrected chi connectivity index (χ3v) is 2.72. The van der Waals surface area contributed by atoms with E-state index in [9.17, 15) is 5.11 Å². The fourth-order valence-electron chi connectivity index (χ4n) is 1.97. The molecule has 1 unspecified atom stereocenters. The molecule has 0 bridgehead atoms. The van der Waals surface area contributed by atoms with Crippen LogP contribution < -0.4 is 0 Å². The minimum absolute atomic E-state index is 0.590. The van der Waals surface area contributed by atoms with Crippen LogP contribution in [-0.2, 0) is 6.42 Å². The van der Waals surface area contributed by atoms with Gasteiger partial charge in [-0.05, 0) is 35.6 Å². The van der Waals surface area contributed by atoms with E-state index in [-0.39, 0.29) is 0 Å². The molecule has 0 aliphatic heterocycles. The van der Waals surface area contributed by atoms with E-state index >= 15 is 0 Å². The van der Waals surface area contributed by atoms with Gasteiger partial charge in [-0.15, -0.1) is 0 Å². The van der Waals surface area contributed by atoms with Crippen molar-refractivity contribution in [3.05, 3.63) is 59.5 Å². The van der Waals surface area contributed by atoms with Crippen LogP contribution in [0.2, 0.25) is 0 Å². The molecule has 0 saturated carbocycles. The van der Waals surface area contributed by atoms with Crippen molar-refractivity contribution in [1.29, 1.82) is 0 Å². The number of aliphatic hydroxyl groups is 1. The van der Waals surface area contributed by atoms with E-state index in [1.165, 1.54) is 5.56 Å². The minimum Gasteiger partial charge on any atom is -0.466 e. The zero-order valence-electron chi connectivity index (χ0n) is 10.3. The van der Waals surface area contributed by atoms with Crippen LogP contribution in [0.25, 0.3) is 0 Å². The Morgan fingerprint density at radius 1 is 1.18 bits per heavy atom. The SMILES string of the molecule is CC(C)Cc1cccc(C(O)c2ccco2)c1. The van der Waals surface area contributed by atoms with E-state index in [0.717, 1.165) is 12.0 Å². The molecule has 1 aromatic carbocycles. The van der Waals surface area contributed by atoms with Crippen molar-refractivity contribution in [1.82, 2.24) is 0 Å². The van der Waals surface area contributed by atoms with Gasteiger partial charge in [0.2, 0.25) is 0 Å². The Hall–Kier alpha value is -1.54. The van der Waals surface area contributed by atoms with E-state index in [1.54, 1.807) is 18.4 Å². The Labute approximate surface area is 102 Å². The number of hydrogen-bond acceptors (Lipinski definition) is 2. The zero-order valence-corrected chi connectivity index (χ0v) is 10.3. The number of rotatable bonds is 4. The van der Waals surface area contributed by atoms with Crippen molar-refractivity contribution >= 4 is 0 Å². The zero-order chi connectivity index (χ0) is 12.3. The summed E-state index contributed by atoms with van der Waals surface area (Å²) in [4.78, 5) is 0. The molecular formula is C15H18O2. The number of furan rings is 1. The molecule has 2 heteroatoms. The maximum atomic E-state index is 10.1. The van der Waals surface area contributed by atoms with Crippen LogP contribution in [-0.4, -0.2) is 5.11 Å². The van der Waals surface area contributed by atoms with Gasteiger partial charge in [0.15, 0.2) is 0 Å². The predicted octanol–water partition coefficient (Wildman–Crippen LogP) is 3.56. The summed E-state index contributed by atoms with van der Waals surface area (Å²) in [7, 11) is 0. The molecule has 2 nitrogen and oxygen atoms in total. The normalized spacial score (nSPS) is 12.9. The van der Waals surface area contributed by atoms with Crippen LogP contribution in [0.15, 0.2) is 47.1 Å².